The van der Waals surface area contributed by atoms with Crippen LogP contribution in [-0.2, 0) is 6.42 Å². The van der Waals surface area contributed by atoms with E-state index >= 15 is 0 Å². The van der Waals surface area contributed by atoms with Gasteiger partial charge >= 0.3 is 0 Å². The van der Waals surface area contributed by atoms with Crippen LogP contribution in [0.15, 0.2) is 36.4 Å². The number of halogens is 3. The van der Waals surface area contributed by atoms with Crippen molar-refractivity contribution >= 4 is 11.6 Å². The molecule has 0 spiro atoms. The maximum atomic E-state index is 13.5. The van der Waals surface area contributed by atoms with Crippen LogP contribution < -0.4 is 0 Å². The van der Waals surface area contributed by atoms with Gasteiger partial charge < -0.3 is 5.11 Å². The average molecular weight is 283 g/mol. The lowest BCUT2D eigenvalue weighted by molar-refractivity contribution is 0.175. The summed E-state index contributed by atoms with van der Waals surface area (Å²) in [6.45, 7) is 1.81. The first-order valence-corrected chi connectivity index (χ1v) is 6.24. The van der Waals surface area contributed by atoms with Crippen LogP contribution >= 0.6 is 11.6 Å². The van der Waals surface area contributed by atoms with Crippen LogP contribution in [0.3, 0.4) is 0 Å². The van der Waals surface area contributed by atoms with E-state index in [2.05, 4.69) is 0 Å². The lowest BCUT2D eigenvalue weighted by Crippen LogP contribution is -2.06. The number of aryl methyl sites for hydroxylation is 1. The van der Waals surface area contributed by atoms with Gasteiger partial charge in [-0.1, -0.05) is 29.8 Å². The second-order valence-corrected chi connectivity index (χ2v) is 4.84. The summed E-state index contributed by atoms with van der Waals surface area (Å²) in [7, 11) is 0. The minimum atomic E-state index is -0.970. The quantitative estimate of drug-likeness (QED) is 0.894. The molecule has 100 valence electrons. The van der Waals surface area contributed by atoms with Gasteiger partial charge in [0, 0.05) is 17.0 Å². The molecule has 0 fully saturated rings. The van der Waals surface area contributed by atoms with E-state index in [9.17, 15) is 13.9 Å². The van der Waals surface area contributed by atoms with Crippen molar-refractivity contribution in [3.05, 3.63) is 69.7 Å². The highest BCUT2D eigenvalue weighted by atomic mass is 35.5. The molecule has 0 aromatic heterocycles. The Kier molecular flexibility index (Phi) is 4.17. The molecule has 2 rings (SSSR count). The minimum absolute atomic E-state index is 0.109. The molecular formula is C15H13ClF2O. The number of aliphatic hydroxyl groups excluding tert-OH is 1. The molecule has 0 radical (unpaired) electrons. The Morgan fingerprint density at radius 2 is 1.79 bits per heavy atom. The number of hydrogen-bond acceptors (Lipinski definition) is 1. The van der Waals surface area contributed by atoms with Crippen molar-refractivity contribution in [3.63, 3.8) is 0 Å². The maximum Gasteiger partial charge on any atom is 0.129 e. The summed E-state index contributed by atoms with van der Waals surface area (Å²) in [4.78, 5) is 0. The molecular weight excluding hydrogens is 270 g/mol. The Bertz CT molecular complexity index is 578. The summed E-state index contributed by atoms with van der Waals surface area (Å²) in [5, 5.41) is 10.7. The predicted octanol–water partition coefficient (Wildman–Crippen LogP) is 4.20. The molecule has 1 unspecified atom stereocenters. The van der Waals surface area contributed by atoms with Crippen LogP contribution in [-0.4, -0.2) is 5.11 Å². The zero-order chi connectivity index (χ0) is 14.0. The highest BCUT2D eigenvalue weighted by Crippen LogP contribution is 2.25. The van der Waals surface area contributed by atoms with Crippen molar-refractivity contribution < 1.29 is 13.9 Å². The topological polar surface area (TPSA) is 20.2 Å². The Morgan fingerprint density at radius 1 is 1.16 bits per heavy atom. The van der Waals surface area contributed by atoms with E-state index in [4.69, 9.17) is 11.6 Å². The first-order chi connectivity index (χ1) is 8.99. The molecule has 0 heterocycles. The first-order valence-electron chi connectivity index (χ1n) is 5.86. The molecule has 0 saturated heterocycles. The van der Waals surface area contributed by atoms with Gasteiger partial charge in [0.25, 0.3) is 0 Å². The molecule has 2 aromatic carbocycles. The van der Waals surface area contributed by atoms with Gasteiger partial charge in [-0.3, -0.25) is 0 Å². The lowest BCUT2D eigenvalue weighted by Gasteiger charge is -2.13. The molecule has 1 N–H and O–H groups in total. The van der Waals surface area contributed by atoms with Crippen LogP contribution in [0.25, 0.3) is 0 Å². The van der Waals surface area contributed by atoms with Crippen molar-refractivity contribution in [2.75, 3.05) is 0 Å². The van der Waals surface area contributed by atoms with Crippen molar-refractivity contribution in [3.8, 4) is 0 Å². The van der Waals surface area contributed by atoms with Crippen molar-refractivity contribution in [1.82, 2.24) is 0 Å². The van der Waals surface area contributed by atoms with E-state index in [0.717, 1.165) is 5.56 Å². The summed E-state index contributed by atoms with van der Waals surface area (Å²) in [5.41, 5.74) is 1.29. The van der Waals surface area contributed by atoms with Crippen LogP contribution in [0.2, 0.25) is 5.02 Å². The van der Waals surface area contributed by atoms with Crippen LogP contribution in [0.5, 0.6) is 0 Å². The van der Waals surface area contributed by atoms with Gasteiger partial charge in [-0.2, -0.15) is 0 Å². The zero-order valence-corrected chi connectivity index (χ0v) is 11.1. The third-order valence-electron chi connectivity index (χ3n) is 3.03. The molecule has 0 amide bonds. The van der Waals surface area contributed by atoms with Gasteiger partial charge in [-0.15, -0.1) is 0 Å². The third kappa shape index (κ3) is 3.11. The minimum Gasteiger partial charge on any atom is -0.388 e. The summed E-state index contributed by atoms with van der Waals surface area (Å²) in [5.74, 6) is -1.30. The molecule has 0 aliphatic heterocycles. The largest absolute Gasteiger partial charge is 0.388 e. The molecule has 0 saturated carbocycles. The fourth-order valence-corrected chi connectivity index (χ4v) is 2.03. The Morgan fingerprint density at radius 3 is 2.37 bits per heavy atom. The SMILES string of the molecule is Cc1cc(C(O)Cc2c(F)cccc2F)ccc1Cl. The van der Waals surface area contributed by atoms with Crippen molar-refractivity contribution in [2.24, 2.45) is 0 Å². The zero-order valence-electron chi connectivity index (χ0n) is 10.3. The van der Waals surface area contributed by atoms with Gasteiger partial charge in [0.15, 0.2) is 0 Å². The number of aliphatic hydroxyl groups is 1. The molecule has 2 aromatic rings. The van der Waals surface area contributed by atoms with Crippen LogP contribution in [0.1, 0.15) is 22.8 Å². The molecule has 19 heavy (non-hydrogen) atoms. The fourth-order valence-electron chi connectivity index (χ4n) is 1.91. The molecule has 0 bridgehead atoms. The highest BCUT2D eigenvalue weighted by Gasteiger charge is 2.15. The molecule has 0 aliphatic carbocycles. The monoisotopic (exact) mass is 282 g/mol. The summed E-state index contributed by atoms with van der Waals surface area (Å²) < 4.78 is 27.0. The molecule has 4 heteroatoms. The second kappa shape index (κ2) is 5.68. The fraction of sp³-hybridized carbons (Fsp3) is 0.200. The standard InChI is InChI=1S/C15H13ClF2O/c1-9-7-10(5-6-12(9)16)15(19)8-11-13(17)3-2-4-14(11)18/h2-7,15,19H,8H2,1H3. The Hall–Kier alpha value is -1.45. The summed E-state index contributed by atoms with van der Waals surface area (Å²) in [6, 6.07) is 8.68. The molecule has 0 aliphatic rings. The van der Waals surface area contributed by atoms with E-state index in [1.807, 2.05) is 6.92 Å². The summed E-state index contributed by atoms with van der Waals surface area (Å²) >= 11 is 5.89. The van der Waals surface area contributed by atoms with E-state index in [0.29, 0.717) is 10.6 Å². The normalized spacial score (nSPS) is 12.5. The predicted molar refractivity (Wildman–Crippen MR) is 71.2 cm³/mol. The van der Waals surface area contributed by atoms with Crippen LogP contribution in [0, 0.1) is 18.6 Å². The van der Waals surface area contributed by atoms with Crippen molar-refractivity contribution in [1.29, 1.82) is 0 Å². The van der Waals surface area contributed by atoms with E-state index in [1.165, 1.54) is 18.2 Å². The van der Waals surface area contributed by atoms with Crippen LogP contribution in [0.4, 0.5) is 8.78 Å². The van der Waals surface area contributed by atoms with E-state index in [1.54, 1.807) is 18.2 Å². The molecule has 1 nitrogen and oxygen atoms in total. The molecule has 1 atom stereocenters. The number of hydrogen-bond donors (Lipinski definition) is 1. The van der Waals surface area contributed by atoms with Gasteiger partial charge in [0.2, 0.25) is 0 Å². The second-order valence-electron chi connectivity index (χ2n) is 4.43. The number of rotatable bonds is 3. The van der Waals surface area contributed by atoms with Gasteiger partial charge in [0.1, 0.15) is 11.6 Å². The average Bonchev–Trinajstić information content (AvgIpc) is 2.37. The third-order valence-corrected chi connectivity index (χ3v) is 3.45. The van der Waals surface area contributed by atoms with Gasteiger partial charge in [0.05, 0.1) is 6.10 Å². The highest BCUT2D eigenvalue weighted by molar-refractivity contribution is 6.31. The first kappa shape index (κ1) is 14.0. The Balaban J connectivity index is 2.25. The number of benzene rings is 2. The summed E-state index contributed by atoms with van der Waals surface area (Å²) in [6.07, 6.45) is -1.08. The van der Waals surface area contributed by atoms with E-state index < -0.39 is 17.7 Å². The lowest BCUT2D eigenvalue weighted by atomic mass is 9.99. The maximum absolute atomic E-state index is 13.5. The van der Waals surface area contributed by atoms with Gasteiger partial charge in [-0.25, -0.2) is 8.78 Å². The van der Waals surface area contributed by atoms with Crippen molar-refractivity contribution in [2.45, 2.75) is 19.4 Å². The van der Waals surface area contributed by atoms with E-state index in [-0.39, 0.29) is 12.0 Å². The smallest absolute Gasteiger partial charge is 0.129 e. The van der Waals surface area contributed by atoms with Gasteiger partial charge in [-0.05, 0) is 36.2 Å². The Labute approximate surface area is 115 Å².